The van der Waals surface area contributed by atoms with E-state index in [1.807, 2.05) is 12.1 Å². The van der Waals surface area contributed by atoms with Crippen LogP contribution in [0.4, 0.5) is 5.69 Å². The van der Waals surface area contributed by atoms with Crippen molar-refractivity contribution in [2.45, 2.75) is 19.9 Å². The van der Waals surface area contributed by atoms with Crippen molar-refractivity contribution in [3.8, 4) is 5.75 Å². The Balaban J connectivity index is 1.39. The van der Waals surface area contributed by atoms with Crippen LogP contribution in [0.2, 0.25) is 10.0 Å². The van der Waals surface area contributed by atoms with Crippen LogP contribution in [0.3, 0.4) is 0 Å². The van der Waals surface area contributed by atoms with Crippen molar-refractivity contribution in [1.82, 2.24) is 4.90 Å². The minimum atomic E-state index is -0.357. The van der Waals surface area contributed by atoms with Crippen LogP contribution in [0.1, 0.15) is 49.1 Å². The van der Waals surface area contributed by atoms with E-state index in [1.165, 1.54) is 11.8 Å². The Morgan fingerprint density at radius 3 is 2.19 bits per heavy atom. The number of anilines is 1. The molecule has 1 aliphatic heterocycles. The summed E-state index contributed by atoms with van der Waals surface area (Å²) in [7, 11) is 0. The van der Waals surface area contributed by atoms with Crippen LogP contribution < -0.4 is 5.32 Å². The van der Waals surface area contributed by atoms with E-state index in [0.717, 1.165) is 22.2 Å². The van der Waals surface area contributed by atoms with E-state index < -0.39 is 0 Å². The summed E-state index contributed by atoms with van der Waals surface area (Å²) in [6.07, 6.45) is 0.594. The lowest BCUT2D eigenvalue weighted by Crippen LogP contribution is -2.39. The Bertz CT molecular complexity index is 1540. The number of rotatable bonds is 7. The smallest absolute Gasteiger partial charge is 0.261 e. The number of halogens is 2. The van der Waals surface area contributed by atoms with Crippen LogP contribution in [0.25, 0.3) is 10.8 Å². The number of carbonyl (C=O) groups is 3. The van der Waals surface area contributed by atoms with Crippen molar-refractivity contribution in [1.29, 1.82) is 0 Å². The Morgan fingerprint density at radius 2 is 1.54 bits per heavy atom. The second-order valence-corrected chi connectivity index (χ2v) is 9.74. The van der Waals surface area contributed by atoms with Crippen molar-refractivity contribution < 1.29 is 19.5 Å². The van der Waals surface area contributed by atoms with E-state index in [9.17, 15) is 19.5 Å². The van der Waals surface area contributed by atoms with Crippen molar-refractivity contribution >= 4 is 57.3 Å². The highest BCUT2D eigenvalue weighted by atomic mass is 35.5. The van der Waals surface area contributed by atoms with Crippen LogP contribution in [0.15, 0.2) is 66.7 Å². The molecule has 0 saturated carbocycles. The molecule has 8 heteroatoms. The molecule has 4 aromatic rings. The standard InChI is InChI=1S/C29H22Cl2N2O4/c1-16(34)19-7-5-17(6-8-19)15-33-28(36)21-4-2-3-20-25(10-9-22(26(20)21)29(33)37)32-12-11-18-13-23(30)27(35)24(31)14-18/h2-10,13-14,32,35H,11-12,15H2,1H3. The third-order valence-corrected chi connectivity index (χ3v) is 7.07. The summed E-state index contributed by atoms with van der Waals surface area (Å²) in [5.41, 5.74) is 3.93. The number of ketones is 1. The van der Waals surface area contributed by atoms with Crippen LogP contribution in [-0.4, -0.2) is 34.1 Å². The monoisotopic (exact) mass is 532 g/mol. The summed E-state index contributed by atoms with van der Waals surface area (Å²) in [6.45, 7) is 2.15. The normalized spacial score (nSPS) is 12.8. The number of phenols is 1. The van der Waals surface area contributed by atoms with E-state index in [0.29, 0.717) is 35.0 Å². The molecule has 1 heterocycles. The fraction of sp³-hybridized carbons (Fsp3) is 0.138. The van der Waals surface area contributed by atoms with Gasteiger partial charge in [-0.3, -0.25) is 19.3 Å². The second kappa shape index (κ2) is 9.88. The van der Waals surface area contributed by atoms with Crippen molar-refractivity contribution in [2.24, 2.45) is 0 Å². The average Bonchev–Trinajstić information content (AvgIpc) is 2.89. The third kappa shape index (κ3) is 4.66. The maximum Gasteiger partial charge on any atom is 0.261 e. The molecule has 0 unspecified atom stereocenters. The SMILES string of the molecule is CC(=O)c1ccc(CN2C(=O)c3cccc4c(NCCc5cc(Cl)c(O)c(Cl)c5)ccc(c34)C2=O)cc1. The fourth-order valence-corrected chi connectivity index (χ4v) is 5.11. The van der Waals surface area contributed by atoms with Gasteiger partial charge in [0.15, 0.2) is 11.5 Å². The predicted octanol–water partition coefficient (Wildman–Crippen LogP) is 6.51. The lowest BCUT2D eigenvalue weighted by atomic mass is 9.92. The van der Waals surface area contributed by atoms with E-state index in [4.69, 9.17) is 23.2 Å². The van der Waals surface area contributed by atoms with Crippen molar-refractivity contribution in [2.75, 3.05) is 11.9 Å². The van der Waals surface area contributed by atoms with E-state index in [-0.39, 0.29) is 39.9 Å². The molecule has 6 nitrogen and oxygen atoms in total. The van der Waals surface area contributed by atoms with Gasteiger partial charge in [-0.2, -0.15) is 0 Å². The first kappa shape index (κ1) is 24.8. The highest BCUT2D eigenvalue weighted by molar-refractivity contribution is 6.37. The zero-order chi connectivity index (χ0) is 26.3. The average molecular weight is 533 g/mol. The fourth-order valence-electron chi connectivity index (χ4n) is 4.58. The van der Waals surface area contributed by atoms with Crippen molar-refractivity contribution in [3.05, 3.63) is 105 Å². The molecule has 0 aliphatic carbocycles. The summed E-state index contributed by atoms with van der Waals surface area (Å²) in [4.78, 5) is 39.6. The first-order chi connectivity index (χ1) is 17.7. The van der Waals surface area contributed by atoms with E-state index >= 15 is 0 Å². The number of phenolic OH excluding ortho intramolecular Hbond substituents is 1. The first-order valence-corrected chi connectivity index (χ1v) is 12.4. The minimum Gasteiger partial charge on any atom is -0.505 e. The Hall–Kier alpha value is -3.87. The van der Waals surface area contributed by atoms with Crippen LogP contribution in [0.5, 0.6) is 5.75 Å². The number of aromatic hydroxyl groups is 1. The second-order valence-electron chi connectivity index (χ2n) is 8.92. The molecule has 0 radical (unpaired) electrons. The molecule has 2 amide bonds. The van der Waals surface area contributed by atoms with Gasteiger partial charge < -0.3 is 10.4 Å². The molecule has 1 aliphatic rings. The summed E-state index contributed by atoms with van der Waals surface area (Å²) < 4.78 is 0. The van der Waals surface area contributed by atoms with Gasteiger partial charge in [-0.1, -0.05) is 59.6 Å². The highest BCUT2D eigenvalue weighted by Gasteiger charge is 2.33. The van der Waals surface area contributed by atoms with Gasteiger partial charge in [-0.25, -0.2) is 0 Å². The predicted molar refractivity (Wildman–Crippen MR) is 145 cm³/mol. The Labute approximate surface area is 223 Å². The molecular weight excluding hydrogens is 511 g/mol. The Morgan fingerprint density at radius 1 is 0.892 bits per heavy atom. The largest absolute Gasteiger partial charge is 0.505 e. The molecule has 2 N–H and O–H groups in total. The molecule has 0 aromatic heterocycles. The van der Waals surface area contributed by atoms with Gasteiger partial charge in [0.1, 0.15) is 0 Å². The number of nitrogens with one attached hydrogen (secondary N) is 1. The molecule has 186 valence electrons. The molecule has 0 bridgehead atoms. The summed E-state index contributed by atoms with van der Waals surface area (Å²) in [6, 6.07) is 19.3. The molecule has 5 rings (SSSR count). The number of imide groups is 1. The van der Waals surface area contributed by atoms with Gasteiger partial charge in [0.2, 0.25) is 0 Å². The number of nitrogens with zero attached hydrogens (tertiary/aromatic N) is 1. The molecule has 4 aromatic carbocycles. The Kier molecular flexibility index (Phi) is 6.63. The van der Waals surface area contributed by atoms with Gasteiger partial charge in [-0.05, 0) is 54.8 Å². The van der Waals surface area contributed by atoms with Crippen LogP contribution >= 0.6 is 23.2 Å². The lowest BCUT2D eigenvalue weighted by Gasteiger charge is -2.28. The highest BCUT2D eigenvalue weighted by Crippen LogP contribution is 2.36. The van der Waals surface area contributed by atoms with Gasteiger partial charge >= 0.3 is 0 Å². The summed E-state index contributed by atoms with van der Waals surface area (Å²) >= 11 is 12.0. The first-order valence-electron chi connectivity index (χ1n) is 11.7. The van der Waals surface area contributed by atoms with E-state index in [1.54, 1.807) is 54.6 Å². The summed E-state index contributed by atoms with van der Waals surface area (Å²) in [5.74, 6) is -0.897. The minimum absolute atomic E-state index is 0.0441. The van der Waals surface area contributed by atoms with E-state index in [2.05, 4.69) is 5.32 Å². The molecule has 0 saturated heterocycles. The van der Waals surface area contributed by atoms with Gasteiger partial charge in [0, 0.05) is 39.7 Å². The lowest BCUT2D eigenvalue weighted by molar-refractivity contribution is 0.0598. The van der Waals surface area contributed by atoms with Crippen LogP contribution in [-0.2, 0) is 13.0 Å². The number of hydrogen-bond donors (Lipinski definition) is 2. The number of hydrogen-bond acceptors (Lipinski definition) is 5. The van der Waals surface area contributed by atoms with Crippen LogP contribution in [0, 0.1) is 0 Å². The number of amides is 2. The molecule has 0 fully saturated rings. The maximum absolute atomic E-state index is 13.4. The molecule has 0 spiro atoms. The quantitative estimate of drug-likeness (QED) is 0.209. The number of benzene rings is 4. The zero-order valence-electron chi connectivity index (χ0n) is 19.8. The van der Waals surface area contributed by atoms with Gasteiger partial charge in [0.25, 0.3) is 11.8 Å². The van der Waals surface area contributed by atoms with Crippen molar-refractivity contribution in [3.63, 3.8) is 0 Å². The van der Waals surface area contributed by atoms with Gasteiger partial charge in [0.05, 0.1) is 16.6 Å². The number of carbonyl (C=O) groups excluding carboxylic acids is 3. The summed E-state index contributed by atoms with van der Waals surface area (Å²) in [5, 5.41) is 14.9. The number of Topliss-reactive ketones (excluding diaryl/α,β-unsaturated/α-hetero) is 1. The molecule has 37 heavy (non-hydrogen) atoms. The topological polar surface area (TPSA) is 86.7 Å². The maximum atomic E-state index is 13.4. The van der Waals surface area contributed by atoms with Gasteiger partial charge in [-0.15, -0.1) is 0 Å². The molecular formula is C29H22Cl2N2O4. The third-order valence-electron chi connectivity index (χ3n) is 6.50. The zero-order valence-corrected chi connectivity index (χ0v) is 21.4. The molecule has 0 atom stereocenters.